The van der Waals surface area contributed by atoms with Crippen molar-refractivity contribution in [3.05, 3.63) is 29.8 Å². The summed E-state index contributed by atoms with van der Waals surface area (Å²) in [4.78, 5) is 14.8. The molecule has 5 heteroatoms. The van der Waals surface area contributed by atoms with Crippen LogP contribution in [0.1, 0.15) is 45.1 Å². The van der Waals surface area contributed by atoms with Gasteiger partial charge in [0, 0.05) is 19.0 Å². The first-order chi connectivity index (χ1) is 11.2. The van der Waals surface area contributed by atoms with Crippen molar-refractivity contribution in [2.75, 3.05) is 26.2 Å². The molecule has 1 aromatic carbocycles. The van der Waals surface area contributed by atoms with Crippen molar-refractivity contribution in [2.24, 2.45) is 0 Å². The summed E-state index contributed by atoms with van der Waals surface area (Å²) >= 11 is 0. The minimum Gasteiger partial charge on any atom is -0.494 e. The van der Waals surface area contributed by atoms with Gasteiger partial charge < -0.3 is 15.0 Å². The second-order valence-corrected chi connectivity index (χ2v) is 6.15. The van der Waals surface area contributed by atoms with Gasteiger partial charge in [0.05, 0.1) is 6.61 Å². The highest BCUT2D eigenvalue weighted by Gasteiger charge is 2.24. The van der Waals surface area contributed by atoms with Crippen molar-refractivity contribution >= 4 is 18.3 Å². The molecule has 1 heterocycles. The Morgan fingerprint density at radius 2 is 1.88 bits per heavy atom. The molecule has 1 aliphatic heterocycles. The molecule has 1 saturated heterocycles. The van der Waals surface area contributed by atoms with E-state index in [2.05, 4.69) is 29.3 Å². The SMILES string of the molecule is CCCN(C(=O)CCc1ccc(OCC)cc1)C1CCNCC1.Cl. The fourth-order valence-electron chi connectivity index (χ4n) is 3.18. The molecule has 0 aromatic heterocycles. The number of carbonyl (C=O) groups is 1. The number of nitrogens with one attached hydrogen (secondary N) is 1. The monoisotopic (exact) mass is 354 g/mol. The fourth-order valence-corrected chi connectivity index (χ4v) is 3.18. The average molecular weight is 355 g/mol. The molecule has 1 aliphatic rings. The van der Waals surface area contributed by atoms with Gasteiger partial charge in [0.15, 0.2) is 0 Å². The minimum absolute atomic E-state index is 0. The second kappa shape index (κ2) is 11.3. The van der Waals surface area contributed by atoms with E-state index in [-0.39, 0.29) is 12.4 Å². The largest absolute Gasteiger partial charge is 0.494 e. The van der Waals surface area contributed by atoms with E-state index >= 15 is 0 Å². The molecule has 1 fully saturated rings. The van der Waals surface area contributed by atoms with Gasteiger partial charge in [0.2, 0.25) is 5.91 Å². The lowest BCUT2D eigenvalue weighted by atomic mass is 10.0. The zero-order chi connectivity index (χ0) is 16.5. The Kier molecular flexibility index (Phi) is 9.80. The number of nitrogens with zero attached hydrogens (tertiary/aromatic N) is 1. The van der Waals surface area contributed by atoms with Crippen LogP contribution in [0.2, 0.25) is 0 Å². The number of rotatable bonds is 8. The molecule has 0 radical (unpaired) electrons. The van der Waals surface area contributed by atoms with Crippen LogP contribution in [0, 0.1) is 0 Å². The summed E-state index contributed by atoms with van der Waals surface area (Å²) in [5.41, 5.74) is 1.20. The van der Waals surface area contributed by atoms with Gasteiger partial charge in [-0.05, 0) is 63.4 Å². The van der Waals surface area contributed by atoms with E-state index in [9.17, 15) is 4.79 Å². The van der Waals surface area contributed by atoms with Crippen LogP contribution in [-0.2, 0) is 11.2 Å². The van der Waals surface area contributed by atoms with Gasteiger partial charge in [-0.15, -0.1) is 12.4 Å². The van der Waals surface area contributed by atoms with Crippen molar-refractivity contribution in [1.29, 1.82) is 0 Å². The number of hydrogen-bond donors (Lipinski definition) is 1. The van der Waals surface area contributed by atoms with E-state index < -0.39 is 0 Å². The van der Waals surface area contributed by atoms with E-state index in [4.69, 9.17) is 4.74 Å². The molecule has 0 saturated carbocycles. The molecule has 1 amide bonds. The van der Waals surface area contributed by atoms with Crippen molar-refractivity contribution in [2.45, 2.75) is 52.0 Å². The predicted molar refractivity (Wildman–Crippen MR) is 101 cm³/mol. The Labute approximate surface area is 152 Å². The highest BCUT2D eigenvalue weighted by atomic mass is 35.5. The van der Waals surface area contributed by atoms with Gasteiger partial charge >= 0.3 is 0 Å². The number of hydrogen-bond acceptors (Lipinski definition) is 3. The van der Waals surface area contributed by atoms with Crippen LogP contribution < -0.4 is 10.1 Å². The number of amides is 1. The molecule has 24 heavy (non-hydrogen) atoms. The number of benzene rings is 1. The molecule has 136 valence electrons. The quantitative estimate of drug-likeness (QED) is 0.777. The third kappa shape index (κ3) is 6.33. The van der Waals surface area contributed by atoms with Gasteiger partial charge in [0.1, 0.15) is 5.75 Å². The third-order valence-corrected chi connectivity index (χ3v) is 4.40. The molecular formula is C19H31ClN2O2. The molecular weight excluding hydrogens is 324 g/mol. The molecule has 1 N–H and O–H groups in total. The Bertz CT molecular complexity index is 473. The molecule has 0 spiro atoms. The average Bonchev–Trinajstić information content (AvgIpc) is 2.60. The van der Waals surface area contributed by atoms with Gasteiger partial charge in [0.25, 0.3) is 0 Å². The van der Waals surface area contributed by atoms with E-state index in [1.807, 2.05) is 19.1 Å². The molecule has 0 unspecified atom stereocenters. The van der Waals surface area contributed by atoms with E-state index in [0.717, 1.165) is 51.1 Å². The van der Waals surface area contributed by atoms with Crippen LogP contribution in [0.3, 0.4) is 0 Å². The van der Waals surface area contributed by atoms with Crippen LogP contribution in [0.5, 0.6) is 5.75 Å². The Morgan fingerprint density at radius 1 is 1.21 bits per heavy atom. The number of piperidine rings is 1. The zero-order valence-electron chi connectivity index (χ0n) is 14.9. The van der Waals surface area contributed by atoms with E-state index in [1.165, 1.54) is 5.56 Å². The number of halogens is 1. The summed E-state index contributed by atoms with van der Waals surface area (Å²) in [7, 11) is 0. The van der Waals surface area contributed by atoms with Crippen molar-refractivity contribution in [1.82, 2.24) is 10.2 Å². The first-order valence-electron chi connectivity index (χ1n) is 8.96. The van der Waals surface area contributed by atoms with Gasteiger partial charge in [-0.3, -0.25) is 4.79 Å². The van der Waals surface area contributed by atoms with Gasteiger partial charge in [-0.25, -0.2) is 0 Å². The maximum atomic E-state index is 12.7. The second-order valence-electron chi connectivity index (χ2n) is 6.15. The van der Waals surface area contributed by atoms with Crippen LogP contribution in [0.4, 0.5) is 0 Å². The van der Waals surface area contributed by atoms with Crippen LogP contribution in [0.15, 0.2) is 24.3 Å². The van der Waals surface area contributed by atoms with Gasteiger partial charge in [-0.2, -0.15) is 0 Å². The fraction of sp³-hybridized carbons (Fsp3) is 0.632. The summed E-state index contributed by atoms with van der Waals surface area (Å²) in [5.74, 6) is 1.19. The lowest BCUT2D eigenvalue weighted by molar-refractivity contribution is -0.134. The number of ether oxygens (including phenoxy) is 1. The highest BCUT2D eigenvalue weighted by molar-refractivity contribution is 5.85. The normalized spacial score (nSPS) is 14.8. The Morgan fingerprint density at radius 3 is 2.46 bits per heavy atom. The summed E-state index contributed by atoms with van der Waals surface area (Å²) in [6.45, 7) is 7.74. The summed E-state index contributed by atoms with van der Waals surface area (Å²) < 4.78 is 5.45. The highest BCUT2D eigenvalue weighted by Crippen LogP contribution is 2.17. The maximum absolute atomic E-state index is 12.7. The number of carbonyl (C=O) groups excluding carboxylic acids is 1. The summed E-state index contributed by atoms with van der Waals surface area (Å²) in [6.07, 6.45) is 4.58. The first-order valence-corrected chi connectivity index (χ1v) is 8.96. The molecule has 2 rings (SSSR count). The minimum atomic E-state index is 0. The van der Waals surface area contributed by atoms with Crippen LogP contribution >= 0.6 is 12.4 Å². The topological polar surface area (TPSA) is 41.6 Å². The number of aryl methyl sites for hydroxylation is 1. The molecule has 1 aromatic rings. The molecule has 0 atom stereocenters. The lowest BCUT2D eigenvalue weighted by Gasteiger charge is -2.34. The molecule has 0 bridgehead atoms. The van der Waals surface area contributed by atoms with Crippen molar-refractivity contribution in [3.63, 3.8) is 0 Å². The first kappa shape index (κ1) is 20.8. The third-order valence-electron chi connectivity index (χ3n) is 4.40. The predicted octanol–water partition coefficient (Wildman–Crippen LogP) is 3.43. The van der Waals surface area contributed by atoms with Crippen LogP contribution in [0.25, 0.3) is 0 Å². The lowest BCUT2D eigenvalue weighted by Crippen LogP contribution is -2.46. The van der Waals surface area contributed by atoms with Crippen LogP contribution in [-0.4, -0.2) is 43.1 Å². The molecule has 4 nitrogen and oxygen atoms in total. The maximum Gasteiger partial charge on any atom is 0.223 e. The van der Waals surface area contributed by atoms with Crippen molar-refractivity contribution in [3.8, 4) is 5.75 Å². The standard InChI is InChI=1S/C19H30N2O2.ClH/c1-3-15-21(17-11-13-20-14-12-17)19(22)10-7-16-5-8-18(9-6-16)23-4-2;/h5-6,8-9,17,20H,3-4,7,10-15H2,1-2H3;1H. The van der Waals surface area contributed by atoms with E-state index in [1.54, 1.807) is 0 Å². The summed E-state index contributed by atoms with van der Waals surface area (Å²) in [5, 5.41) is 3.37. The molecule has 0 aliphatic carbocycles. The van der Waals surface area contributed by atoms with Crippen molar-refractivity contribution < 1.29 is 9.53 Å². The van der Waals surface area contributed by atoms with E-state index in [0.29, 0.717) is 25.0 Å². The Hall–Kier alpha value is -1.26. The summed E-state index contributed by atoms with van der Waals surface area (Å²) in [6, 6.07) is 8.52. The van der Waals surface area contributed by atoms with Gasteiger partial charge in [-0.1, -0.05) is 19.1 Å². The Balaban J connectivity index is 0.00000288. The smallest absolute Gasteiger partial charge is 0.223 e. The zero-order valence-corrected chi connectivity index (χ0v) is 15.7.